The van der Waals surface area contributed by atoms with Gasteiger partial charge in [-0.05, 0) is 12.1 Å². The highest BCUT2D eigenvalue weighted by molar-refractivity contribution is 7.91. The first-order chi connectivity index (χ1) is 8.35. The molecule has 0 spiro atoms. The number of rotatable bonds is 5. The minimum absolute atomic E-state index is 0.103. The number of carboxylic acids is 1. The van der Waals surface area contributed by atoms with Crippen molar-refractivity contribution in [3.05, 3.63) is 29.6 Å². The summed E-state index contributed by atoms with van der Waals surface area (Å²) in [6.07, 6.45) is 1.29. The molecule has 0 fully saturated rings. The Morgan fingerprint density at radius 2 is 2.11 bits per heavy atom. The van der Waals surface area contributed by atoms with Crippen LogP contribution in [0.15, 0.2) is 18.3 Å². The van der Waals surface area contributed by atoms with Crippen molar-refractivity contribution >= 4 is 21.8 Å². The molecular formula is C10H11NO6S. The Labute approximate surface area is 103 Å². The van der Waals surface area contributed by atoms with Gasteiger partial charge in [-0.25, -0.2) is 13.2 Å². The highest BCUT2D eigenvalue weighted by Crippen LogP contribution is 2.10. The van der Waals surface area contributed by atoms with Crippen LogP contribution in [0.25, 0.3) is 0 Å². The Bertz CT molecular complexity index is 565. The van der Waals surface area contributed by atoms with E-state index < -0.39 is 33.3 Å². The van der Waals surface area contributed by atoms with E-state index in [4.69, 9.17) is 5.11 Å². The Morgan fingerprint density at radius 3 is 2.67 bits per heavy atom. The van der Waals surface area contributed by atoms with Gasteiger partial charge in [-0.3, -0.25) is 9.78 Å². The normalized spacial score (nSPS) is 10.9. The number of methoxy groups -OCH3 is 1. The van der Waals surface area contributed by atoms with Crippen LogP contribution in [-0.4, -0.2) is 43.3 Å². The van der Waals surface area contributed by atoms with Crippen molar-refractivity contribution in [3.63, 3.8) is 0 Å². The predicted octanol–water partition coefficient (Wildman–Crippen LogP) is -0.132. The molecule has 1 aromatic rings. The minimum atomic E-state index is -3.80. The quantitative estimate of drug-likeness (QED) is 0.744. The van der Waals surface area contributed by atoms with E-state index in [1.54, 1.807) is 0 Å². The molecule has 0 atom stereocenters. The molecule has 0 aliphatic rings. The maximum Gasteiger partial charge on any atom is 0.337 e. The summed E-state index contributed by atoms with van der Waals surface area (Å²) in [7, 11) is -2.73. The number of pyridine rings is 1. The smallest absolute Gasteiger partial charge is 0.337 e. The third-order valence-electron chi connectivity index (χ3n) is 2.04. The zero-order valence-corrected chi connectivity index (χ0v) is 10.3. The number of aromatic nitrogens is 1. The second kappa shape index (κ2) is 5.58. The summed E-state index contributed by atoms with van der Waals surface area (Å²) in [5.74, 6) is -3.60. The van der Waals surface area contributed by atoms with Gasteiger partial charge in [-0.2, -0.15) is 0 Å². The fraction of sp³-hybridized carbons (Fsp3) is 0.300. The third kappa shape index (κ3) is 3.81. The topological polar surface area (TPSA) is 111 Å². The summed E-state index contributed by atoms with van der Waals surface area (Å²) >= 11 is 0. The molecule has 1 rings (SSSR count). The van der Waals surface area contributed by atoms with Crippen LogP contribution in [0.3, 0.4) is 0 Å². The molecule has 0 saturated heterocycles. The molecule has 0 aliphatic heterocycles. The van der Waals surface area contributed by atoms with Crippen LogP contribution in [0.2, 0.25) is 0 Å². The van der Waals surface area contributed by atoms with Gasteiger partial charge in [-0.15, -0.1) is 0 Å². The summed E-state index contributed by atoms with van der Waals surface area (Å²) in [6.45, 7) is 0. The van der Waals surface area contributed by atoms with Crippen molar-refractivity contribution in [1.82, 2.24) is 4.98 Å². The Morgan fingerprint density at radius 1 is 1.44 bits per heavy atom. The number of hydrogen-bond donors (Lipinski definition) is 1. The van der Waals surface area contributed by atoms with Gasteiger partial charge in [0.05, 0.1) is 24.1 Å². The van der Waals surface area contributed by atoms with Crippen molar-refractivity contribution in [2.45, 2.75) is 5.75 Å². The molecular weight excluding hydrogens is 262 g/mol. The van der Waals surface area contributed by atoms with Gasteiger partial charge in [0.15, 0.2) is 9.84 Å². The summed E-state index contributed by atoms with van der Waals surface area (Å²) in [5.41, 5.74) is -0.306. The van der Waals surface area contributed by atoms with Crippen LogP contribution < -0.4 is 0 Å². The zero-order chi connectivity index (χ0) is 13.8. The predicted molar refractivity (Wildman–Crippen MR) is 60.7 cm³/mol. The van der Waals surface area contributed by atoms with Crippen molar-refractivity contribution in [1.29, 1.82) is 0 Å². The molecule has 1 aromatic heterocycles. The van der Waals surface area contributed by atoms with E-state index in [9.17, 15) is 18.0 Å². The van der Waals surface area contributed by atoms with Gasteiger partial charge in [0.1, 0.15) is 5.75 Å². The van der Waals surface area contributed by atoms with Gasteiger partial charge < -0.3 is 9.84 Å². The van der Waals surface area contributed by atoms with Crippen molar-refractivity contribution < 1.29 is 27.9 Å². The number of ether oxygens (including phenoxy) is 1. The lowest BCUT2D eigenvalue weighted by molar-refractivity contribution is -0.137. The van der Waals surface area contributed by atoms with Crippen LogP contribution >= 0.6 is 0 Å². The van der Waals surface area contributed by atoms with E-state index in [2.05, 4.69) is 9.72 Å². The highest BCUT2D eigenvalue weighted by Gasteiger charge is 2.21. The van der Waals surface area contributed by atoms with E-state index in [1.165, 1.54) is 18.3 Å². The van der Waals surface area contributed by atoms with E-state index in [1.807, 2.05) is 0 Å². The van der Waals surface area contributed by atoms with Crippen LogP contribution in [-0.2, 0) is 25.1 Å². The van der Waals surface area contributed by atoms with Crippen LogP contribution in [0.1, 0.15) is 16.1 Å². The molecule has 0 aromatic carbocycles. The summed E-state index contributed by atoms with van der Waals surface area (Å²) < 4.78 is 27.5. The summed E-state index contributed by atoms with van der Waals surface area (Å²) in [4.78, 5) is 25.5. The van der Waals surface area contributed by atoms with Crippen LogP contribution in [0.4, 0.5) is 0 Å². The lowest BCUT2D eigenvalue weighted by Crippen LogP contribution is -2.20. The SMILES string of the molecule is COC(=O)CS(=O)(=O)Cc1ncccc1C(=O)O. The average molecular weight is 273 g/mol. The van der Waals surface area contributed by atoms with Crippen molar-refractivity contribution in [3.8, 4) is 0 Å². The number of esters is 1. The lowest BCUT2D eigenvalue weighted by Gasteiger charge is -2.05. The second-order valence-electron chi connectivity index (χ2n) is 3.41. The molecule has 0 bridgehead atoms. The first kappa shape index (κ1) is 14.1. The molecule has 0 amide bonds. The van der Waals surface area contributed by atoms with E-state index in [0.29, 0.717) is 0 Å². The summed E-state index contributed by atoms with van der Waals surface area (Å²) in [6, 6.07) is 2.64. The number of aromatic carboxylic acids is 1. The van der Waals surface area contributed by atoms with E-state index in [-0.39, 0.29) is 11.3 Å². The second-order valence-corrected chi connectivity index (χ2v) is 5.48. The van der Waals surface area contributed by atoms with Gasteiger partial charge in [-0.1, -0.05) is 0 Å². The first-order valence-corrected chi connectivity index (χ1v) is 6.62. The van der Waals surface area contributed by atoms with Crippen LogP contribution in [0.5, 0.6) is 0 Å². The fourth-order valence-corrected chi connectivity index (χ4v) is 2.47. The van der Waals surface area contributed by atoms with Crippen molar-refractivity contribution in [2.24, 2.45) is 0 Å². The standard InChI is InChI=1S/C10H11NO6S/c1-17-9(12)6-18(15,16)5-8-7(10(13)14)3-2-4-11-8/h2-4H,5-6H2,1H3,(H,13,14). The minimum Gasteiger partial charge on any atom is -0.478 e. The number of carbonyl (C=O) groups excluding carboxylic acids is 1. The molecule has 0 radical (unpaired) electrons. The Balaban J connectivity index is 2.98. The molecule has 0 unspecified atom stereocenters. The maximum atomic E-state index is 11.6. The Kier molecular flexibility index (Phi) is 4.38. The average Bonchev–Trinajstić information content (AvgIpc) is 2.28. The van der Waals surface area contributed by atoms with Gasteiger partial charge in [0.2, 0.25) is 0 Å². The molecule has 1 N–H and O–H groups in total. The molecule has 0 aliphatic carbocycles. The lowest BCUT2D eigenvalue weighted by atomic mass is 10.2. The number of carboxylic acid groups (broad SMARTS) is 1. The van der Waals surface area contributed by atoms with E-state index in [0.717, 1.165) is 7.11 Å². The monoisotopic (exact) mass is 273 g/mol. The fourth-order valence-electron chi connectivity index (χ4n) is 1.25. The number of sulfone groups is 1. The molecule has 18 heavy (non-hydrogen) atoms. The number of hydrogen-bond acceptors (Lipinski definition) is 6. The maximum absolute atomic E-state index is 11.6. The number of nitrogens with zero attached hydrogens (tertiary/aromatic N) is 1. The van der Waals surface area contributed by atoms with Gasteiger partial charge >= 0.3 is 11.9 Å². The number of carbonyl (C=O) groups is 2. The molecule has 98 valence electrons. The molecule has 8 heteroatoms. The molecule has 0 saturated carbocycles. The summed E-state index contributed by atoms with van der Waals surface area (Å²) in [5, 5.41) is 8.86. The van der Waals surface area contributed by atoms with Crippen molar-refractivity contribution in [2.75, 3.05) is 12.9 Å². The zero-order valence-electron chi connectivity index (χ0n) is 9.49. The first-order valence-electron chi connectivity index (χ1n) is 4.80. The highest BCUT2D eigenvalue weighted by atomic mass is 32.2. The third-order valence-corrected chi connectivity index (χ3v) is 3.43. The van der Waals surface area contributed by atoms with Gasteiger partial charge in [0.25, 0.3) is 0 Å². The Hall–Kier alpha value is -1.96. The van der Waals surface area contributed by atoms with E-state index >= 15 is 0 Å². The molecule has 1 heterocycles. The van der Waals surface area contributed by atoms with Crippen LogP contribution in [0, 0.1) is 0 Å². The van der Waals surface area contributed by atoms with Gasteiger partial charge in [0, 0.05) is 6.20 Å². The molecule has 7 nitrogen and oxygen atoms in total. The largest absolute Gasteiger partial charge is 0.478 e.